The second kappa shape index (κ2) is 4.06. The standard InChI is InChI=1S/C6H8O2SSe/c1-5(7)8-4-6-9-2-3-10-6/h2-3,6H,4H2,1H3. The van der Waals surface area contributed by atoms with Crippen LogP contribution in [0.4, 0.5) is 0 Å². The molecule has 1 rings (SSSR count). The third kappa shape index (κ3) is 2.78. The number of hydrogen-bond donors (Lipinski definition) is 0. The van der Waals surface area contributed by atoms with E-state index >= 15 is 0 Å². The summed E-state index contributed by atoms with van der Waals surface area (Å²) in [5.74, 6) is -0.177. The summed E-state index contributed by atoms with van der Waals surface area (Å²) >= 11 is 2.28. The fourth-order valence-corrected chi connectivity index (χ4v) is 3.67. The number of carbonyl (C=O) groups excluding carboxylic acids is 1. The molecule has 56 valence electrons. The van der Waals surface area contributed by atoms with Crippen LogP contribution in [-0.2, 0) is 9.53 Å². The molecule has 0 saturated carbocycles. The Morgan fingerprint density at radius 3 is 3.20 bits per heavy atom. The first-order valence-electron chi connectivity index (χ1n) is 2.88. The average molecular weight is 223 g/mol. The fraction of sp³-hybridized carbons (Fsp3) is 0.500. The summed E-state index contributed by atoms with van der Waals surface area (Å²) in [6.07, 6.45) is 0. The molecule has 2 nitrogen and oxygen atoms in total. The monoisotopic (exact) mass is 224 g/mol. The first-order chi connectivity index (χ1) is 4.79. The van der Waals surface area contributed by atoms with Crippen LogP contribution in [0, 0.1) is 0 Å². The minimum absolute atomic E-state index is 0.177. The summed E-state index contributed by atoms with van der Waals surface area (Å²) in [5.41, 5.74) is 0. The normalized spacial score (nSPS) is 23.1. The molecule has 0 bridgehead atoms. The van der Waals surface area contributed by atoms with Gasteiger partial charge in [0.1, 0.15) is 0 Å². The van der Waals surface area contributed by atoms with Crippen LogP contribution in [-0.4, -0.2) is 31.7 Å². The third-order valence-corrected chi connectivity index (χ3v) is 4.87. The zero-order chi connectivity index (χ0) is 7.40. The van der Waals surface area contributed by atoms with Gasteiger partial charge < -0.3 is 0 Å². The summed E-state index contributed by atoms with van der Waals surface area (Å²) in [4.78, 5) is 12.5. The van der Waals surface area contributed by atoms with E-state index in [2.05, 4.69) is 10.4 Å². The number of rotatable bonds is 2. The second-order valence-electron chi connectivity index (χ2n) is 1.78. The molecule has 0 N–H and O–H groups in total. The molecule has 0 aliphatic carbocycles. The molecule has 0 saturated heterocycles. The first-order valence-corrected chi connectivity index (χ1v) is 5.80. The van der Waals surface area contributed by atoms with Crippen molar-refractivity contribution in [2.24, 2.45) is 0 Å². The molecule has 1 heterocycles. The van der Waals surface area contributed by atoms with Crippen LogP contribution in [0.5, 0.6) is 0 Å². The van der Waals surface area contributed by atoms with Crippen LogP contribution < -0.4 is 0 Å². The SMILES string of the molecule is CC(=O)OCC1SC=C[Se]1. The van der Waals surface area contributed by atoms with E-state index in [9.17, 15) is 4.79 Å². The molecule has 0 aromatic rings. The Bertz CT molecular complexity index is 150. The van der Waals surface area contributed by atoms with Gasteiger partial charge >= 0.3 is 70.3 Å². The fourth-order valence-electron chi connectivity index (χ4n) is 0.535. The third-order valence-electron chi connectivity index (χ3n) is 0.939. The molecule has 4 heteroatoms. The van der Waals surface area contributed by atoms with Crippen LogP contribution in [0.1, 0.15) is 6.92 Å². The zero-order valence-corrected chi connectivity index (χ0v) is 8.10. The molecule has 0 aromatic heterocycles. The van der Waals surface area contributed by atoms with Crippen molar-refractivity contribution in [2.45, 2.75) is 11.1 Å². The Balaban J connectivity index is 2.09. The number of esters is 1. The van der Waals surface area contributed by atoms with Gasteiger partial charge in [0.15, 0.2) is 0 Å². The molecular weight excluding hydrogens is 215 g/mol. The topological polar surface area (TPSA) is 26.3 Å². The van der Waals surface area contributed by atoms with Crippen LogP contribution in [0.15, 0.2) is 10.4 Å². The number of carbonyl (C=O) groups is 1. The maximum absolute atomic E-state index is 10.4. The van der Waals surface area contributed by atoms with E-state index in [4.69, 9.17) is 4.74 Å². The van der Waals surface area contributed by atoms with Crippen molar-refractivity contribution in [3.8, 4) is 0 Å². The molecule has 10 heavy (non-hydrogen) atoms. The molecule has 0 fully saturated rings. The van der Waals surface area contributed by atoms with Crippen molar-refractivity contribution in [3.63, 3.8) is 0 Å². The molecule has 1 aliphatic heterocycles. The van der Waals surface area contributed by atoms with Crippen LogP contribution in [0.2, 0.25) is 0 Å². The first kappa shape index (κ1) is 8.18. The van der Waals surface area contributed by atoms with Crippen molar-refractivity contribution in [1.82, 2.24) is 0 Å². The Kier molecular flexibility index (Phi) is 3.32. The van der Waals surface area contributed by atoms with E-state index in [-0.39, 0.29) is 5.97 Å². The molecule has 1 aliphatic rings. The predicted molar refractivity (Wildman–Crippen MR) is 42.9 cm³/mol. The van der Waals surface area contributed by atoms with Gasteiger partial charge in [-0.2, -0.15) is 0 Å². The Labute approximate surface area is 70.5 Å². The predicted octanol–water partition coefficient (Wildman–Crippen LogP) is 0.798. The van der Waals surface area contributed by atoms with Gasteiger partial charge in [0.05, 0.1) is 0 Å². The molecule has 1 unspecified atom stereocenters. The quantitative estimate of drug-likeness (QED) is 0.511. The van der Waals surface area contributed by atoms with Gasteiger partial charge in [0.2, 0.25) is 0 Å². The maximum atomic E-state index is 10.4. The van der Waals surface area contributed by atoms with Gasteiger partial charge in [-0.3, -0.25) is 0 Å². The van der Waals surface area contributed by atoms with Gasteiger partial charge in [-0.15, -0.1) is 0 Å². The summed E-state index contributed by atoms with van der Waals surface area (Å²) < 4.78 is 5.37. The van der Waals surface area contributed by atoms with Crippen LogP contribution in [0.3, 0.4) is 0 Å². The van der Waals surface area contributed by atoms with E-state index in [0.29, 0.717) is 25.7 Å². The van der Waals surface area contributed by atoms with E-state index in [1.807, 2.05) is 0 Å². The summed E-state index contributed by atoms with van der Waals surface area (Å²) in [6.45, 7) is 2.02. The Hall–Kier alpha value is 0.0795. The number of ether oxygens (including phenoxy) is 1. The van der Waals surface area contributed by atoms with E-state index < -0.39 is 0 Å². The Morgan fingerprint density at radius 2 is 2.70 bits per heavy atom. The van der Waals surface area contributed by atoms with Gasteiger partial charge in [-0.1, -0.05) is 0 Å². The zero-order valence-electron chi connectivity index (χ0n) is 5.57. The van der Waals surface area contributed by atoms with E-state index in [0.717, 1.165) is 0 Å². The van der Waals surface area contributed by atoms with Crippen molar-refractivity contribution in [1.29, 1.82) is 0 Å². The molecule has 1 atom stereocenters. The van der Waals surface area contributed by atoms with Crippen LogP contribution >= 0.6 is 11.8 Å². The van der Waals surface area contributed by atoms with E-state index in [1.54, 1.807) is 11.8 Å². The summed E-state index contributed by atoms with van der Waals surface area (Å²) in [7, 11) is 0. The Morgan fingerprint density at radius 1 is 1.90 bits per heavy atom. The van der Waals surface area contributed by atoms with Gasteiger partial charge in [-0.05, 0) is 0 Å². The molecule has 0 spiro atoms. The van der Waals surface area contributed by atoms with Crippen molar-refractivity contribution < 1.29 is 9.53 Å². The van der Waals surface area contributed by atoms with Gasteiger partial charge in [-0.25, -0.2) is 0 Å². The molecule has 0 aromatic carbocycles. The van der Waals surface area contributed by atoms with Crippen molar-refractivity contribution >= 4 is 32.7 Å². The minimum atomic E-state index is -0.177. The molecular formula is C6H8O2SSe. The number of thioether (sulfide) groups is 1. The average Bonchev–Trinajstić information content (AvgIpc) is 2.34. The van der Waals surface area contributed by atoms with E-state index in [1.165, 1.54) is 6.92 Å². The van der Waals surface area contributed by atoms with Gasteiger partial charge in [0, 0.05) is 0 Å². The van der Waals surface area contributed by atoms with Crippen molar-refractivity contribution in [3.05, 3.63) is 10.4 Å². The summed E-state index contributed by atoms with van der Waals surface area (Å²) in [6, 6.07) is 0. The summed E-state index contributed by atoms with van der Waals surface area (Å²) in [5, 5.41) is 2.08. The van der Waals surface area contributed by atoms with Crippen LogP contribution in [0.25, 0.3) is 0 Å². The molecule has 0 radical (unpaired) electrons. The second-order valence-corrected chi connectivity index (χ2v) is 5.90. The molecule has 0 amide bonds. The van der Waals surface area contributed by atoms with Gasteiger partial charge in [0.25, 0.3) is 0 Å². The number of hydrogen-bond acceptors (Lipinski definition) is 3. The van der Waals surface area contributed by atoms with Crippen molar-refractivity contribution in [2.75, 3.05) is 6.61 Å².